The van der Waals surface area contributed by atoms with Crippen LogP contribution in [0, 0.1) is 5.41 Å². The zero-order chi connectivity index (χ0) is 16.8. The standard InChI is InChI=1S/C17H22O5/c1-17(2,11-13(20-3)15(18)21-4)14(16(19)22-5)12-9-7-6-8-10-12/h6-11,14H,1-5H3/b13-11-. The summed E-state index contributed by atoms with van der Waals surface area (Å²) in [6.07, 6.45) is 1.59. The maximum Gasteiger partial charge on any atom is 0.372 e. The molecule has 0 fully saturated rings. The van der Waals surface area contributed by atoms with Crippen molar-refractivity contribution in [3.05, 3.63) is 47.7 Å². The highest BCUT2D eigenvalue weighted by atomic mass is 16.6. The van der Waals surface area contributed by atoms with Crippen molar-refractivity contribution in [2.45, 2.75) is 19.8 Å². The van der Waals surface area contributed by atoms with Gasteiger partial charge in [0, 0.05) is 5.41 Å². The summed E-state index contributed by atoms with van der Waals surface area (Å²) in [5, 5.41) is 0. The van der Waals surface area contributed by atoms with Gasteiger partial charge in [0.05, 0.1) is 27.2 Å². The maximum absolute atomic E-state index is 12.3. The van der Waals surface area contributed by atoms with Gasteiger partial charge in [0.1, 0.15) is 0 Å². The summed E-state index contributed by atoms with van der Waals surface area (Å²) in [5.74, 6) is -1.49. The van der Waals surface area contributed by atoms with Gasteiger partial charge < -0.3 is 14.2 Å². The van der Waals surface area contributed by atoms with Gasteiger partial charge in [0.25, 0.3) is 0 Å². The topological polar surface area (TPSA) is 61.8 Å². The minimum Gasteiger partial charge on any atom is -0.490 e. The highest BCUT2D eigenvalue weighted by molar-refractivity contribution is 5.87. The molecule has 0 radical (unpaired) electrons. The van der Waals surface area contributed by atoms with Crippen LogP contribution in [-0.4, -0.2) is 33.3 Å². The molecule has 22 heavy (non-hydrogen) atoms. The Morgan fingerprint density at radius 2 is 1.59 bits per heavy atom. The van der Waals surface area contributed by atoms with Crippen molar-refractivity contribution in [2.75, 3.05) is 21.3 Å². The lowest BCUT2D eigenvalue weighted by atomic mass is 9.74. The molecule has 0 heterocycles. The number of esters is 2. The van der Waals surface area contributed by atoms with Gasteiger partial charge in [0.15, 0.2) is 0 Å². The fourth-order valence-electron chi connectivity index (χ4n) is 2.36. The summed E-state index contributed by atoms with van der Waals surface area (Å²) in [6, 6.07) is 9.27. The minimum absolute atomic E-state index is 0.0531. The third-order valence-corrected chi connectivity index (χ3v) is 3.42. The zero-order valence-electron chi connectivity index (χ0n) is 13.6. The van der Waals surface area contributed by atoms with Crippen LogP contribution >= 0.6 is 0 Å². The number of ether oxygens (including phenoxy) is 3. The molecule has 0 bridgehead atoms. The predicted octanol–water partition coefficient (Wildman–Crippen LogP) is 2.67. The van der Waals surface area contributed by atoms with Crippen molar-refractivity contribution in [2.24, 2.45) is 5.41 Å². The summed E-state index contributed by atoms with van der Waals surface area (Å²) in [5.41, 5.74) is 0.0875. The highest BCUT2D eigenvalue weighted by Gasteiger charge is 2.37. The first-order valence-electron chi connectivity index (χ1n) is 6.85. The Balaban J connectivity index is 3.31. The molecule has 0 aliphatic rings. The van der Waals surface area contributed by atoms with Crippen LogP contribution < -0.4 is 0 Å². The first kappa shape index (κ1) is 17.8. The van der Waals surface area contributed by atoms with Crippen LogP contribution in [0.1, 0.15) is 25.3 Å². The molecule has 5 heteroatoms. The van der Waals surface area contributed by atoms with E-state index in [-0.39, 0.29) is 11.7 Å². The number of allylic oxidation sites excluding steroid dienone is 1. The minimum atomic E-state index is -0.714. The van der Waals surface area contributed by atoms with Crippen LogP contribution in [0.25, 0.3) is 0 Å². The Morgan fingerprint density at radius 1 is 1.00 bits per heavy atom. The molecule has 0 amide bonds. The highest BCUT2D eigenvalue weighted by Crippen LogP contribution is 2.38. The Labute approximate surface area is 130 Å². The number of benzene rings is 1. The average Bonchev–Trinajstić information content (AvgIpc) is 2.52. The van der Waals surface area contributed by atoms with E-state index in [9.17, 15) is 9.59 Å². The van der Waals surface area contributed by atoms with Crippen molar-refractivity contribution >= 4 is 11.9 Å². The van der Waals surface area contributed by atoms with E-state index in [1.807, 2.05) is 44.2 Å². The molecule has 0 N–H and O–H groups in total. The van der Waals surface area contributed by atoms with E-state index < -0.39 is 17.3 Å². The largest absolute Gasteiger partial charge is 0.490 e. The van der Waals surface area contributed by atoms with E-state index in [1.54, 1.807) is 6.08 Å². The third-order valence-electron chi connectivity index (χ3n) is 3.42. The van der Waals surface area contributed by atoms with Crippen molar-refractivity contribution in [1.29, 1.82) is 0 Å². The average molecular weight is 306 g/mol. The van der Waals surface area contributed by atoms with Crippen molar-refractivity contribution < 1.29 is 23.8 Å². The monoisotopic (exact) mass is 306 g/mol. The van der Waals surface area contributed by atoms with E-state index in [1.165, 1.54) is 21.3 Å². The van der Waals surface area contributed by atoms with Crippen molar-refractivity contribution in [1.82, 2.24) is 0 Å². The summed E-state index contributed by atoms with van der Waals surface area (Å²) in [4.78, 5) is 23.9. The fraction of sp³-hybridized carbons (Fsp3) is 0.412. The second kappa shape index (κ2) is 7.64. The van der Waals surface area contributed by atoms with Gasteiger partial charge in [-0.2, -0.15) is 0 Å². The molecule has 0 spiro atoms. The maximum atomic E-state index is 12.3. The van der Waals surface area contributed by atoms with Gasteiger partial charge in [0.2, 0.25) is 5.76 Å². The lowest BCUT2D eigenvalue weighted by Gasteiger charge is -2.30. The molecule has 1 rings (SSSR count). The van der Waals surface area contributed by atoms with E-state index in [0.29, 0.717) is 0 Å². The van der Waals surface area contributed by atoms with Gasteiger partial charge in [-0.1, -0.05) is 44.2 Å². The van der Waals surface area contributed by atoms with E-state index in [4.69, 9.17) is 9.47 Å². The molecular weight excluding hydrogens is 284 g/mol. The number of hydrogen-bond donors (Lipinski definition) is 0. The van der Waals surface area contributed by atoms with Crippen LogP contribution in [-0.2, 0) is 23.8 Å². The summed E-state index contributed by atoms with van der Waals surface area (Å²) >= 11 is 0. The first-order valence-corrected chi connectivity index (χ1v) is 6.85. The van der Waals surface area contributed by atoms with Gasteiger partial charge >= 0.3 is 11.9 Å². The van der Waals surface area contributed by atoms with Crippen LogP contribution in [0.2, 0.25) is 0 Å². The molecule has 0 saturated carbocycles. The number of rotatable bonds is 6. The second-order valence-corrected chi connectivity index (χ2v) is 5.39. The Hall–Kier alpha value is -2.30. The Kier molecular flexibility index (Phi) is 6.16. The van der Waals surface area contributed by atoms with Crippen LogP contribution in [0.15, 0.2) is 42.2 Å². The zero-order valence-corrected chi connectivity index (χ0v) is 13.6. The molecule has 0 aliphatic heterocycles. The van der Waals surface area contributed by atoms with Crippen molar-refractivity contribution in [3.8, 4) is 0 Å². The molecule has 1 aromatic carbocycles. The van der Waals surface area contributed by atoms with Gasteiger partial charge in [-0.15, -0.1) is 0 Å². The van der Waals surface area contributed by atoms with Gasteiger partial charge in [-0.05, 0) is 11.6 Å². The summed E-state index contributed by atoms with van der Waals surface area (Å²) < 4.78 is 14.7. The number of carbonyl (C=O) groups is 2. The molecule has 0 aromatic heterocycles. The van der Waals surface area contributed by atoms with E-state index >= 15 is 0 Å². The molecular formula is C17H22O5. The Bertz CT molecular complexity index is 545. The third kappa shape index (κ3) is 4.10. The molecule has 5 nitrogen and oxygen atoms in total. The van der Waals surface area contributed by atoms with E-state index in [0.717, 1.165) is 5.56 Å². The fourth-order valence-corrected chi connectivity index (χ4v) is 2.36. The number of methoxy groups -OCH3 is 3. The first-order chi connectivity index (χ1) is 10.4. The van der Waals surface area contributed by atoms with Crippen LogP contribution in [0.4, 0.5) is 0 Å². The van der Waals surface area contributed by atoms with E-state index in [2.05, 4.69) is 4.74 Å². The second-order valence-electron chi connectivity index (χ2n) is 5.39. The Morgan fingerprint density at radius 3 is 2.05 bits per heavy atom. The predicted molar refractivity (Wildman–Crippen MR) is 82.1 cm³/mol. The quantitative estimate of drug-likeness (QED) is 0.459. The number of carbonyl (C=O) groups excluding carboxylic acids is 2. The SMILES string of the molecule is COC(=O)/C(=C/C(C)(C)C(C(=O)OC)c1ccccc1)OC. The molecule has 1 aromatic rings. The van der Waals surface area contributed by atoms with Crippen molar-refractivity contribution in [3.63, 3.8) is 0 Å². The summed E-state index contributed by atoms with van der Waals surface area (Å²) in [6.45, 7) is 3.67. The molecule has 1 atom stereocenters. The molecule has 0 aliphatic carbocycles. The van der Waals surface area contributed by atoms with Gasteiger partial charge in [-0.25, -0.2) is 4.79 Å². The normalized spacial score (nSPS) is 13.2. The lowest BCUT2D eigenvalue weighted by molar-refractivity contribution is -0.145. The lowest BCUT2D eigenvalue weighted by Crippen LogP contribution is -2.29. The summed E-state index contributed by atoms with van der Waals surface area (Å²) in [7, 11) is 4.00. The molecule has 0 saturated heterocycles. The number of hydrogen-bond acceptors (Lipinski definition) is 5. The van der Waals surface area contributed by atoms with Crippen LogP contribution in [0.3, 0.4) is 0 Å². The smallest absolute Gasteiger partial charge is 0.372 e. The molecule has 1 unspecified atom stereocenters. The van der Waals surface area contributed by atoms with Crippen LogP contribution in [0.5, 0.6) is 0 Å². The molecule has 120 valence electrons. The van der Waals surface area contributed by atoms with Gasteiger partial charge in [-0.3, -0.25) is 4.79 Å².